The lowest BCUT2D eigenvalue weighted by atomic mass is 10.1. The van der Waals surface area contributed by atoms with Gasteiger partial charge in [0.2, 0.25) is 11.9 Å². The molecule has 1 heterocycles. The number of benzene rings is 2. The molecule has 0 spiro atoms. The van der Waals surface area contributed by atoms with Crippen LogP contribution in [0.5, 0.6) is 0 Å². The maximum absolute atomic E-state index is 12.1. The summed E-state index contributed by atoms with van der Waals surface area (Å²) in [6.45, 7) is 0.874. The Bertz CT molecular complexity index is 1110. The van der Waals surface area contributed by atoms with Gasteiger partial charge in [-0.25, -0.2) is 14.8 Å². The molecule has 0 aliphatic rings. The molecule has 2 aromatic carbocycles. The molecule has 0 bridgehead atoms. The first-order chi connectivity index (χ1) is 13.8. The van der Waals surface area contributed by atoms with Crippen molar-refractivity contribution in [1.82, 2.24) is 9.97 Å². The second-order valence-electron chi connectivity index (χ2n) is 6.07. The summed E-state index contributed by atoms with van der Waals surface area (Å²) in [5.41, 5.74) is 7.53. The summed E-state index contributed by atoms with van der Waals surface area (Å²) >= 11 is 12.9. The molecule has 0 saturated heterocycles. The van der Waals surface area contributed by atoms with Crippen LogP contribution >= 0.6 is 23.2 Å². The van der Waals surface area contributed by atoms with E-state index in [1.165, 1.54) is 13.0 Å². The van der Waals surface area contributed by atoms with Crippen molar-refractivity contribution in [3.8, 4) is 11.3 Å². The third kappa shape index (κ3) is 4.56. The monoisotopic (exact) mass is 434 g/mol. The molecule has 0 fully saturated rings. The van der Waals surface area contributed by atoms with E-state index < -0.39 is 24.6 Å². The van der Waals surface area contributed by atoms with Gasteiger partial charge in [-0.3, -0.25) is 4.79 Å². The van der Waals surface area contributed by atoms with Gasteiger partial charge >= 0.3 is 5.97 Å². The minimum absolute atomic E-state index is 0.0522. The third-order valence-electron chi connectivity index (χ3n) is 4.03. The predicted octanol–water partition coefficient (Wildman–Crippen LogP) is 3.61. The fourth-order valence-corrected chi connectivity index (χ4v) is 3.21. The van der Waals surface area contributed by atoms with Crippen molar-refractivity contribution in [1.29, 1.82) is 0 Å². The number of hydrogen-bond acceptors (Lipinski definition) is 6. The fourth-order valence-electron chi connectivity index (χ4n) is 2.61. The molecule has 0 aliphatic carbocycles. The first kappa shape index (κ1) is 20.8. The van der Waals surface area contributed by atoms with Gasteiger partial charge in [-0.1, -0.05) is 41.4 Å². The van der Waals surface area contributed by atoms with Crippen LogP contribution in [-0.4, -0.2) is 39.7 Å². The van der Waals surface area contributed by atoms with E-state index in [9.17, 15) is 9.59 Å². The quantitative estimate of drug-likeness (QED) is 0.540. The number of fused-ring (bicyclic) bond motifs is 1. The second kappa shape index (κ2) is 8.60. The number of carbonyl (C=O) groups is 2. The zero-order valence-electron chi connectivity index (χ0n) is 15.1. The largest absolute Gasteiger partial charge is 0.479 e. The van der Waals surface area contributed by atoms with Gasteiger partial charge < -0.3 is 20.9 Å². The number of nitrogen functional groups attached to an aromatic ring is 1. The topological polar surface area (TPSA) is 127 Å². The van der Waals surface area contributed by atoms with Crippen LogP contribution in [0.25, 0.3) is 22.2 Å². The number of aliphatic carboxylic acids is 1. The highest BCUT2D eigenvalue weighted by Crippen LogP contribution is 2.41. The summed E-state index contributed by atoms with van der Waals surface area (Å²) in [5, 5.41) is 12.6. The Labute approximate surface area is 175 Å². The number of carbonyl (C=O) groups excluding carboxylic acids is 1. The summed E-state index contributed by atoms with van der Waals surface area (Å²) in [6.07, 6.45) is -1.12. The summed E-state index contributed by atoms with van der Waals surface area (Å²) in [5.74, 6) is -1.69. The number of amides is 1. The lowest BCUT2D eigenvalue weighted by molar-refractivity contribution is -0.150. The number of aromatic nitrogens is 2. The molecule has 1 unspecified atom stereocenters. The van der Waals surface area contributed by atoms with Gasteiger partial charge in [-0.2, -0.15) is 0 Å². The maximum atomic E-state index is 12.1. The zero-order chi connectivity index (χ0) is 21.1. The third-order valence-corrected chi connectivity index (χ3v) is 4.74. The standard InChI is InChI=1S/C19H16Cl2N4O4/c1-9(18(27)28)29-8-14(26)23-13-7-6-11(20)15(16(13)21)17-10-4-2-3-5-12(10)24-19(22)25-17/h2-7,9H,8H2,1H3,(H,23,26)(H,27,28)(H2,22,24,25). The van der Waals surface area contributed by atoms with Crippen molar-refractivity contribution in [2.24, 2.45) is 0 Å². The van der Waals surface area contributed by atoms with Crippen LogP contribution in [0, 0.1) is 0 Å². The van der Waals surface area contributed by atoms with Crippen molar-refractivity contribution < 1.29 is 19.4 Å². The van der Waals surface area contributed by atoms with E-state index in [0.717, 1.165) is 0 Å². The van der Waals surface area contributed by atoms with Crippen LogP contribution in [0.2, 0.25) is 10.0 Å². The Morgan fingerprint density at radius 2 is 1.93 bits per heavy atom. The number of para-hydroxylation sites is 1. The van der Waals surface area contributed by atoms with Gasteiger partial charge in [0.1, 0.15) is 6.61 Å². The number of halogens is 2. The smallest absolute Gasteiger partial charge is 0.332 e. The lowest BCUT2D eigenvalue weighted by Crippen LogP contribution is -2.26. The molecule has 29 heavy (non-hydrogen) atoms. The predicted molar refractivity (Wildman–Crippen MR) is 111 cm³/mol. The molecule has 3 aromatic rings. The number of nitrogens with zero attached hydrogens (tertiary/aromatic N) is 2. The molecule has 0 saturated carbocycles. The van der Waals surface area contributed by atoms with E-state index in [4.69, 9.17) is 38.8 Å². The van der Waals surface area contributed by atoms with Crippen molar-refractivity contribution in [2.75, 3.05) is 17.7 Å². The number of nitrogens with one attached hydrogen (secondary N) is 1. The van der Waals surface area contributed by atoms with Crippen molar-refractivity contribution in [2.45, 2.75) is 13.0 Å². The molecule has 1 amide bonds. The van der Waals surface area contributed by atoms with Gasteiger partial charge in [0.05, 0.1) is 26.9 Å². The Morgan fingerprint density at radius 3 is 2.66 bits per heavy atom. The average Bonchev–Trinajstić information content (AvgIpc) is 2.68. The van der Waals surface area contributed by atoms with Crippen molar-refractivity contribution in [3.63, 3.8) is 0 Å². The maximum Gasteiger partial charge on any atom is 0.332 e. The number of ether oxygens (including phenoxy) is 1. The normalized spacial score (nSPS) is 12.0. The van der Waals surface area contributed by atoms with Crippen LogP contribution in [0.1, 0.15) is 6.92 Å². The first-order valence-corrected chi connectivity index (χ1v) is 9.18. The Kier molecular flexibility index (Phi) is 6.17. The van der Waals surface area contributed by atoms with Gasteiger partial charge in [-0.05, 0) is 25.1 Å². The van der Waals surface area contributed by atoms with Gasteiger partial charge in [-0.15, -0.1) is 0 Å². The van der Waals surface area contributed by atoms with Gasteiger partial charge in [0.25, 0.3) is 0 Å². The molecule has 0 aliphatic heterocycles. The van der Waals surface area contributed by atoms with E-state index in [2.05, 4.69) is 15.3 Å². The number of rotatable bonds is 6. The number of nitrogens with two attached hydrogens (primary N) is 1. The SMILES string of the molecule is CC(OCC(=O)Nc1ccc(Cl)c(-c2nc(N)nc3ccccc23)c1Cl)C(=O)O. The highest BCUT2D eigenvalue weighted by atomic mass is 35.5. The number of carboxylic acids is 1. The van der Waals surface area contributed by atoms with E-state index in [1.54, 1.807) is 12.1 Å². The van der Waals surface area contributed by atoms with Crippen molar-refractivity contribution in [3.05, 3.63) is 46.4 Å². The van der Waals surface area contributed by atoms with Crippen LogP contribution in [0.15, 0.2) is 36.4 Å². The molecular weight excluding hydrogens is 419 g/mol. The number of hydrogen-bond donors (Lipinski definition) is 3. The number of carboxylic acid groups (broad SMARTS) is 1. The van der Waals surface area contributed by atoms with Crippen LogP contribution in [0.3, 0.4) is 0 Å². The first-order valence-electron chi connectivity index (χ1n) is 8.42. The van der Waals surface area contributed by atoms with E-state index in [1.807, 2.05) is 18.2 Å². The molecule has 1 atom stereocenters. The van der Waals surface area contributed by atoms with E-state index in [0.29, 0.717) is 27.2 Å². The summed E-state index contributed by atoms with van der Waals surface area (Å²) in [4.78, 5) is 31.4. The van der Waals surface area contributed by atoms with Crippen LogP contribution < -0.4 is 11.1 Å². The van der Waals surface area contributed by atoms with Crippen LogP contribution in [-0.2, 0) is 14.3 Å². The minimum Gasteiger partial charge on any atom is -0.479 e. The molecule has 1 aromatic heterocycles. The van der Waals surface area contributed by atoms with Crippen LogP contribution in [0.4, 0.5) is 11.6 Å². The molecule has 150 valence electrons. The Morgan fingerprint density at radius 1 is 1.21 bits per heavy atom. The molecule has 8 nitrogen and oxygen atoms in total. The van der Waals surface area contributed by atoms with Crippen molar-refractivity contribution >= 4 is 57.6 Å². The zero-order valence-corrected chi connectivity index (χ0v) is 16.7. The second-order valence-corrected chi connectivity index (χ2v) is 6.86. The molecule has 4 N–H and O–H groups in total. The molecule has 0 radical (unpaired) electrons. The van der Waals surface area contributed by atoms with Gasteiger partial charge in [0, 0.05) is 10.9 Å². The summed E-state index contributed by atoms with van der Waals surface area (Å²) < 4.78 is 4.97. The average molecular weight is 435 g/mol. The minimum atomic E-state index is -1.17. The summed E-state index contributed by atoms with van der Waals surface area (Å²) in [7, 11) is 0. The molecule has 10 heteroatoms. The van der Waals surface area contributed by atoms with Gasteiger partial charge in [0.15, 0.2) is 6.10 Å². The number of anilines is 2. The summed E-state index contributed by atoms with van der Waals surface area (Å²) in [6, 6.07) is 10.3. The Balaban J connectivity index is 1.97. The molecule has 3 rings (SSSR count). The fraction of sp³-hybridized carbons (Fsp3) is 0.158. The Hall–Kier alpha value is -2.94. The molecular formula is C19H16Cl2N4O4. The highest BCUT2D eigenvalue weighted by Gasteiger charge is 2.19. The van der Waals surface area contributed by atoms with E-state index in [-0.39, 0.29) is 16.7 Å². The lowest BCUT2D eigenvalue weighted by Gasteiger charge is -2.15. The van der Waals surface area contributed by atoms with E-state index >= 15 is 0 Å². The highest BCUT2D eigenvalue weighted by molar-refractivity contribution is 6.41.